The van der Waals surface area contributed by atoms with Crippen molar-refractivity contribution in [1.82, 2.24) is 0 Å². The number of carbonyl (C=O) groups excluding carboxylic acids is 1. The number of benzene rings is 2. The SMILES string of the molecule is CCOc1c(Cl)cc(C(=O)Nc2ccc(C(=O)O)cc2)cc1OC. The zero-order chi connectivity index (χ0) is 17.7. The van der Waals surface area contributed by atoms with E-state index >= 15 is 0 Å². The van der Waals surface area contributed by atoms with Gasteiger partial charge in [0.25, 0.3) is 5.91 Å². The first-order chi connectivity index (χ1) is 11.5. The van der Waals surface area contributed by atoms with E-state index in [9.17, 15) is 9.59 Å². The molecule has 2 aromatic rings. The molecule has 0 spiro atoms. The number of halogens is 1. The lowest BCUT2D eigenvalue weighted by molar-refractivity contribution is 0.0696. The summed E-state index contributed by atoms with van der Waals surface area (Å²) in [4.78, 5) is 23.2. The number of hydrogen-bond acceptors (Lipinski definition) is 4. The third-order valence-corrected chi connectivity index (χ3v) is 3.45. The first-order valence-corrected chi connectivity index (χ1v) is 7.49. The van der Waals surface area contributed by atoms with Crippen molar-refractivity contribution in [3.63, 3.8) is 0 Å². The number of amides is 1. The third-order valence-electron chi connectivity index (χ3n) is 3.17. The van der Waals surface area contributed by atoms with Gasteiger partial charge in [0.15, 0.2) is 11.5 Å². The molecule has 1 amide bonds. The van der Waals surface area contributed by atoms with Crippen molar-refractivity contribution in [1.29, 1.82) is 0 Å². The third kappa shape index (κ3) is 3.97. The summed E-state index contributed by atoms with van der Waals surface area (Å²) in [7, 11) is 1.46. The Morgan fingerprint density at radius 3 is 2.38 bits per heavy atom. The van der Waals surface area contributed by atoms with Crippen LogP contribution in [0.4, 0.5) is 5.69 Å². The number of rotatable bonds is 6. The Labute approximate surface area is 144 Å². The molecule has 0 aliphatic carbocycles. The molecule has 0 aromatic heterocycles. The number of ether oxygens (including phenoxy) is 2. The number of hydrogen-bond donors (Lipinski definition) is 2. The predicted octanol–water partition coefficient (Wildman–Crippen LogP) is 3.70. The Kier molecular flexibility index (Phi) is 5.65. The molecule has 0 aliphatic rings. The molecule has 2 N–H and O–H groups in total. The van der Waals surface area contributed by atoms with E-state index in [4.69, 9.17) is 26.2 Å². The van der Waals surface area contributed by atoms with Gasteiger partial charge in [0.05, 0.1) is 24.3 Å². The summed E-state index contributed by atoms with van der Waals surface area (Å²) in [6.07, 6.45) is 0. The Morgan fingerprint density at radius 1 is 1.17 bits per heavy atom. The Morgan fingerprint density at radius 2 is 1.83 bits per heavy atom. The molecule has 0 radical (unpaired) electrons. The number of carboxylic acid groups (broad SMARTS) is 1. The van der Waals surface area contributed by atoms with Crippen LogP contribution >= 0.6 is 11.6 Å². The molecule has 2 aromatic carbocycles. The number of aromatic carboxylic acids is 1. The Hall–Kier alpha value is -2.73. The molecule has 0 fully saturated rings. The second-order valence-electron chi connectivity index (χ2n) is 4.76. The number of anilines is 1. The molecule has 0 bridgehead atoms. The van der Waals surface area contributed by atoms with Gasteiger partial charge in [-0.25, -0.2) is 4.79 Å². The van der Waals surface area contributed by atoms with E-state index in [-0.39, 0.29) is 10.6 Å². The summed E-state index contributed by atoms with van der Waals surface area (Å²) in [6.45, 7) is 2.23. The lowest BCUT2D eigenvalue weighted by atomic mass is 10.1. The molecule has 6 nitrogen and oxygen atoms in total. The maximum absolute atomic E-state index is 12.3. The van der Waals surface area contributed by atoms with Crippen molar-refractivity contribution in [3.8, 4) is 11.5 Å². The van der Waals surface area contributed by atoms with Crippen molar-refractivity contribution in [2.45, 2.75) is 6.92 Å². The largest absolute Gasteiger partial charge is 0.493 e. The fourth-order valence-electron chi connectivity index (χ4n) is 2.03. The highest BCUT2D eigenvalue weighted by Crippen LogP contribution is 2.36. The van der Waals surface area contributed by atoms with E-state index < -0.39 is 11.9 Å². The summed E-state index contributed by atoms with van der Waals surface area (Å²) in [5, 5.41) is 11.8. The van der Waals surface area contributed by atoms with Gasteiger partial charge in [-0.05, 0) is 43.3 Å². The lowest BCUT2D eigenvalue weighted by Gasteiger charge is -2.13. The van der Waals surface area contributed by atoms with Gasteiger partial charge in [-0.15, -0.1) is 0 Å². The van der Waals surface area contributed by atoms with Crippen LogP contribution in [0.2, 0.25) is 5.02 Å². The topological polar surface area (TPSA) is 84.9 Å². The first kappa shape index (κ1) is 17.6. The summed E-state index contributed by atoms with van der Waals surface area (Å²) in [5.41, 5.74) is 0.898. The molecule has 0 atom stereocenters. The molecule has 126 valence electrons. The van der Waals surface area contributed by atoms with Crippen LogP contribution in [-0.2, 0) is 0 Å². The maximum Gasteiger partial charge on any atom is 0.335 e. The van der Waals surface area contributed by atoms with Gasteiger partial charge in [-0.2, -0.15) is 0 Å². The standard InChI is InChI=1S/C17H16ClNO5/c1-3-24-15-13(18)8-11(9-14(15)23-2)16(20)19-12-6-4-10(5-7-12)17(21)22/h4-9H,3H2,1-2H3,(H,19,20)(H,21,22). The van der Waals surface area contributed by atoms with Crippen LogP contribution in [0.5, 0.6) is 11.5 Å². The van der Waals surface area contributed by atoms with E-state index in [1.807, 2.05) is 6.92 Å². The van der Waals surface area contributed by atoms with Crippen molar-refractivity contribution >= 4 is 29.2 Å². The lowest BCUT2D eigenvalue weighted by Crippen LogP contribution is -2.12. The molecular formula is C17H16ClNO5. The highest BCUT2D eigenvalue weighted by atomic mass is 35.5. The van der Waals surface area contributed by atoms with E-state index in [0.717, 1.165) is 0 Å². The van der Waals surface area contributed by atoms with E-state index in [1.54, 1.807) is 0 Å². The number of methoxy groups -OCH3 is 1. The van der Waals surface area contributed by atoms with Gasteiger partial charge in [0, 0.05) is 11.3 Å². The highest BCUT2D eigenvalue weighted by molar-refractivity contribution is 6.32. The molecule has 0 unspecified atom stereocenters. The van der Waals surface area contributed by atoms with E-state index in [2.05, 4.69) is 5.32 Å². The van der Waals surface area contributed by atoms with Crippen LogP contribution in [0.1, 0.15) is 27.6 Å². The van der Waals surface area contributed by atoms with Gasteiger partial charge in [-0.1, -0.05) is 11.6 Å². The van der Waals surface area contributed by atoms with Crippen molar-refractivity contribution in [2.75, 3.05) is 19.0 Å². The second kappa shape index (κ2) is 7.70. The minimum Gasteiger partial charge on any atom is -0.493 e. The molecule has 7 heteroatoms. The molecule has 0 aliphatic heterocycles. The number of carbonyl (C=O) groups is 2. The average Bonchev–Trinajstić information content (AvgIpc) is 2.57. The Balaban J connectivity index is 2.23. The van der Waals surface area contributed by atoms with Gasteiger partial charge in [0.2, 0.25) is 0 Å². The molecule has 0 heterocycles. The fourth-order valence-corrected chi connectivity index (χ4v) is 2.30. The predicted molar refractivity (Wildman–Crippen MR) is 90.5 cm³/mol. The smallest absolute Gasteiger partial charge is 0.335 e. The van der Waals surface area contributed by atoms with E-state index in [1.165, 1.54) is 43.5 Å². The minimum absolute atomic E-state index is 0.138. The summed E-state index contributed by atoms with van der Waals surface area (Å²) in [5.74, 6) is -0.697. The van der Waals surface area contributed by atoms with Crippen LogP contribution < -0.4 is 14.8 Å². The second-order valence-corrected chi connectivity index (χ2v) is 5.17. The first-order valence-electron chi connectivity index (χ1n) is 7.11. The highest BCUT2D eigenvalue weighted by Gasteiger charge is 2.16. The van der Waals surface area contributed by atoms with Gasteiger partial charge in [-0.3, -0.25) is 4.79 Å². The number of nitrogens with one attached hydrogen (secondary N) is 1. The summed E-state index contributed by atoms with van der Waals surface area (Å²) >= 11 is 6.14. The molecular weight excluding hydrogens is 334 g/mol. The van der Waals surface area contributed by atoms with Gasteiger partial charge < -0.3 is 19.9 Å². The molecule has 0 saturated heterocycles. The average molecular weight is 350 g/mol. The van der Waals surface area contributed by atoms with Crippen molar-refractivity contribution in [2.24, 2.45) is 0 Å². The minimum atomic E-state index is -1.03. The van der Waals surface area contributed by atoms with Crippen LogP contribution in [0.15, 0.2) is 36.4 Å². The summed E-state index contributed by atoms with van der Waals surface area (Å²) < 4.78 is 10.6. The van der Waals surface area contributed by atoms with Gasteiger partial charge >= 0.3 is 5.97 Å². The quantitative estimate of drug-likeness (QED) is 0.830. The summed E-state index contributed by atoms with van der Waals surface area (Å²) in [6, 6.07) is 8.84. The van der Waals surface area contributed by atoms with Gasteiger partial charge in [0.1, 0.15) is 0 Å². The number of carboxylic acids is 1. The molecule has 24 heavy (non-hydrogen) atoms. The maximum atomic E-state index is 12.3. The molecule has 2 rings (SSSR count). The monoisotopic (exact) mass is 349 g/mol. The van der Waals surface area contributed by atoms with Crippen LogP contribution in [0, 0.1) is 0 Å². The van der Waals surface area contributed by atoms with Crippen LogP contribution in [0.25, 0.3) is 0 Å². The van der Waals surface area contributed by atoms with Crippen LogP contribution in [-0.4, -0.2) is 30.7 Å². The Bertz CT molecular complexity index is 758. The zero-order valence-electron chi connectivity index (χ0n) is 13.1. The van der Waals surface area contributed by atoms with E-state index in [0.29, 0.717) is 29.4 Å². The van der Waals surface area contributed by atoms with Crippen LogP contribution in [0.3, 0.4) is 0 Å². The van der Waals surface area contributed by atoms with Crippen molar-refractivity contribution in [3.05, 3.63) is 52.5 Å². The molecule has 0 saturated carbocycles. The van der Waals surface area contributed by atoms with Crippen molar-refractivity contribution < 1.29 is 24.2 Å². The normalized spacial score (nSPS) is 10.1. The fraction of sp³-hybridized carbons (Fsp3) is 0.176. The zero-order valence-corrected chi connectivity index (χ0v) is 13.9.